The maximum atomic E-state index is 11.0. The molecule has 0 aliphatic rings. The summed E-state index contributed by atoms with van der Waals surface area (Å²) in [6.45, 7) is 2.73. The molecule has 0 saturated heterocycles. The number of hydrogen-bond donors (Lipinski definition) is 1. The van der Waals surface area contributed by atoms with Crippen molar-refractivity contribution in [3.63, 3.8) is 0 Å². The zero-order valence-electron chi connectivity index (χ0n) is 9.84. The molecule has 88 valence electrons. The van der Waals surface area contributed by atoms with Gasteiger partial charge in [-0.15, -0.1) is 0 Å². The van der Waals surface area contributed by atoms with Crippen molar-refractivity contribution in [3.8, 4) is 0 Å². The van der Waals surface area contributed by atoms with Crippen LogP contribution in [-0.2, 0) is 6.54 Å². The SMILES string of the molecule is Cc1ccccc1C(N)Cn1ccc(=O)cc1. The van der Waals surface area contributed by atoms with Gasteiger partial charge in [0, 0.05) is 37.1 Å². The fourth-order valence-electron chi connectivity index (χ4n) is 1.89. The van der Waals surface area contributed by atoms with Crippen LogP contribution in [0.1, 0.15) is 17.2 Å². The molecule has 17 heavy (non-hydrogen) atoms. The number of hydrogen-bond acceptors (Lipinski definition) is 2. The molecular weight excluding hydrogens is 212 g/mol. The summed E-state index contributed by atoms with van der Waals surface area (Å²) in [7, 11) is 0. The van der Waals surface area contributed by atoms with Gasteiger partial charge < -0.3 is 10.3 Å². The van der Waals surface area contributed by atoms with Crippen LogP contribution in [0.3, 0.4) is 0 Å². The Hall–Kier alpha value is -1.87. The molecule has 0 radical (unpaired) electrons. The van der Waals surface area contributed by atoms with E-state index >= 15 is 0 Å². The Balaban J connectivity index is 2.17. The molecule has 1 heterocycles. The Morgan fingerprint density at radius 1 is 1.18 bits per heavy atom. The number of nitrogens with zero attached hydrogens (tertiary/aromatic N) is 1. The lowest BCUT2D eigenvalue weighted by atomic mass is 10.0. The van der Waals surface area contributed by atoms with Crippen molar-refractivity contribution in [1.29, 1.82) is 0 Å². The Morgan fingerprint density at radius 2 is 1.82 bits per heavy atom. The van der Waals surface area contributed by atoms with Gasteiger partial charge in [0.15, 0.2) is 5.43 Å². The minimum Gasteiger partial charge on any atom is -0.352 e. The van der Waals surface area contributed by atoms with Gasteiger partial charge in [-0.25, -0.2) is 0 Å². The molecule has 0 aliphatic heterocycles. The van der Waals surface area contributed by atoms with Crippen LogP contribution in [0.15, 0.2) is 53.6 Å². The zero-order valence-corrected chi connectivity index (χ0v) is 9.84. The normalized spacial score (nSPS) is 12.4. The molecule has 3 heteroatoms. The van der Waals surface area contributed by atoms with Gasteiger partial charge >= 0.3 is 0 Å². The predicted molar refractivity (Wildman–Crippen MR) is 68.8 cm³/mol. The highest BCUT2D eigenvalue weighted by atomic mass is 16.1. The molecule has 2 N–H and O–H groups in total. The van der Waals surface area contributed by atoms with Crippen LogP contribution in [0.25, 0.3) is 0 Å². The molecule has 0 fully saturated rings. The van der Waals surface area contributed by atoms with Crippen LogP contribution in [0, 0.1) is 6.92 Å². The van der Waals surface area contributed by atoms with Gasteiger partial charge in [0.25, 0.3) is 0 Å². The summed E-state index contributed by atoms with van der Waals surface area (Å²) in [5.41, 5.74) is 8.53. The second-order valence-electron chi connectivity index (χ2n) is 4.19. The van der Waals surface area contributed by atoms with Crippen LogP contribution in [-0.4, -0.2) is 4.57 Å². The van der Waals surface area contributed by atoms with Crippen LogP contribution in [0.2, 0.25) is 0 Å². The monoisotopic (exact) mass is 228 g/mol. The number of nitrogens with two attached hydrogens (primary N) is 1. The molecule has 2 aromatic rings. The third kappa shape index (κ3) is 2.82. The maximum absolute atomic E-state index is 11.0. The van der Waals surface area contributed by atoms with Gasteiger partial charge in [0.1, 0.15) is 0 Å². The molecule has 1 atom stereocenters. The average molecular weight is 228 g/mol. The first-order valence-electron chi connectivity index (χ1n) is 5.64. The standard InChI is InChI=1S/C14H16N2O/c1-11-4-2-3-5-13(11)14(15)10-16-8-6-12(17)7-9-16/h2-9,14H,10,15H2,1H3. The molecule has 0 saturated carbocycles. The highest BCUT2D eigenvalue weighted by Crippen LogP contribution is 2.16. The lowest BCUT2D eigenvalue weighted by Crippen LogP contribution is -2.19. The first-order valence-corrected chi connectivity index (χ1v) is 5.64. The van der Waals surface area contributed by atoms with E-state index < -0.39 is 0 Å². The van der Waals surface area contributed by atoms with Gasteiger partial charge in [-0.3, -0.25) is 4.79 Å². The van der Waals surface area contributed by atoms with Crippen LogP contribution in [0.5, 0.6) is 0 Å². The van der Waals surface area contributed by atoms with E-state index in [-0.39, 0.29) is 11.5 Å². The Kier molecular flexibility index (Phi) is 3.40. The second-order valence-corrected chi connectivity index (χ2v) is 4.19. The topological polar surface area (TPSA) is 48.0 Å². The van der Waals surface area contributed by atoms with Crippen LogP contribution < -0.4 is 11.2 Å². The third-order valence-corrected chi connectivity index (χ3v) is 2.86. The van der Waals surface area contributed by atoms with E-state index in [1.807, 2.05) is 22.8 Å². The van der Waals surface area contributed by atoms with Crippen molar-refractivity contribution < 1.29 is 0 Å². The fraction of sp³-hybridized carbons (Fsp3) is 0.214. The highest BCUT2D eigenvalue weighted by Gasteiger charge is 2.08. The Morgan fingerprint density at radius 3 is 2.47 bits per heavy atom. The van der Waals surface area contributed by atoms with E-state index in [9.17, 15) is 4.79 Å². The number of pyridine rings is 1. The molecule has 0 amide bonds. The van der Waals surface area contributed by atoms with Gasteiger partial charge in [-0.05, 0) is 18.1 Å². The summed E-state index contributed by atoms with van der Waals surface area (Å²) in [4.78, 5) is 11.0. The summed E-state index contributed by atoms with van der Waals surface area (Å²) >= 11 is 0. The fourth-order valence-corrected chi connectivity index (χ4v) is 1.89. The molecule has 0 bridgehead atoms. The largest absolute Gasteiger partial charge is 0.352 e. The molecule has 1 aromatic carbocycles. The lowest BCUT2D eigenvalue weighted by Gasteiger charge is -2.16. The summed E-state index contributed by atoms with van der Waals surface area (Å²) in [5.74, 6) is 0. The molecule has 3 nitrogen and oxygen atoms in total. The van der Waals surface area contributed by atoms with E-state index in [2.05, 4.69) is 13.0 Å². The van der Waals surface area contributed by atoms with Crippen LogP contribution in [0.4, 0.5) is 0 Å². The average Bonchev–Trinajstić information content (AvgIpc) is 2.32. The number of benzene rings is 1. The van der Waals surface area contributed by atoms with Crippen molar-refractivity contribution in [2.45, 2.75) is 19.5 Å². The smallest absolute Gasteiger partial charge is 0.181 e. The minimum atomic E-state index is -0.0568. The Bertz CT molecular complexity index is 540. The van der Waals surface area contributed by atoms with Gasteiger partial charge in [0.05, 0.1) is 0 Å². The summed E-state index contributed by atoms with van der Waals surface area (Å²) < 4.78 is 1.93. The number of aromatic nitrogens is 1. The van der Waals surface area contributed by atoms with E-state index in [4.69, 9.17) is 5.73 Å². The Labute approximate surface area is 101 Å². The molecular formula is C14H16N2O. The predicted octanol–water partition coefficient (Wildman–Crippen LogP) is 1.86. The second kappa shape index (κ2) is 4.97. The summed E-state index contributed by atoms with van der Waals surface area (Å²) in [6.07, 6.45) is 3.53. The van der Waals surface area contributed by atoms with Gasteiger partial charge in [0.2, 0.25) is 0 Å². The number of aryl methyl sites for hydroxylation is 1. The quantitative estimate of drug-likeness (QED) is 0.871. The van der Waals surface area contributed by atoms with Crippen LogP contribution >= 0.6 is 0 Å². The van der Waals surface area contributed by atoms with E-state index in [1.54, 1.807) is 24.5 Å². The van der Waals surface area contributed by atoms with Crippen molar-refractivity contribution >= 4 is 0 Å². The van der Waals surface area contributed by atoms with E-state index in [0.29, 0.717) is 6.54 Å². The van der Waals surface area contributed by atoms with Crippen molar-refractivity contribution in [2.75, 3.05) is 0 Å². The maximum Gasteiger partial charge on any atom is 0.181 e. The van der Waals surface area contributed by atoms with E-state index in [0.717, 1.165) is 5.56 Å². The molecule has 2 rings (SSSR count). The molecule has 0 aliphatic carbocycles. The third-order valence-electron chi connectivity index (χ3n) is 2.86. The van der Waals surface area contributed by atoms with Crippen molar-refractivity contribution in [2.24, 2.45) is 5.73 Å². The molecule has 0 spiro atoms. The van der Waals surface area contributed by atoms with E-state index in [1.165, 1.54) is 5.56 Å². The lowest BCUT2D eigenvalue weighted by molar-refractivity contribution is 0.571. The van der Waals surface area contributed by atoms with Gasteiger partial charge in [-0.1, -0.05) is 24.3 Å². The zero-order chi connectivity index (χ0) is 12.3. The summed E-state index contributed by atoms with van der Waals surface area (Å²) in [5, 5.41) is 0. The molecule has 1 aromatic heterocycles. The summed E-state index contributed by atoms with van der Waals surface area (Å²) in [6, 6.07) is 11.1. The first-order chi connectivity index (χ1) is 8.16. The van der Waals surface area contributed by atoms with Crippen molar-refractivity contribution in [1.82, 2.24) is 4.57 Å². The van der Waals surface area contributed by atoms with Gasteiger partial charge in [-0.2, -0.15) is 0 Å². The highest BCUT2D eigenvalue weighted by molar-refractivity contribution is 5.28. The first kappa shape index (κ1) is 11.6. The minimum absolute atomic E-state index is 0.0192. The number of rotatable bonds is 3. The molecule has 1 unspecified atom stereocenters. The van der Waals surface area contributed by atoms with Crippen molar-refractivity contribution in [3.05, 3.63) is 70.1 Å².